The van der Waals surface area contributed by atoms with Gasteiger partial charge in [-0.1, -0.05) is 18.2 Å². The molecule has 1 aliphatic heterocycles. The lowest BCUT2D eigenvalue weighted by molar-refractivity contribution is 0.122. The van der Waals surface area contributed by atoms with Crippen molar-refractivity contribution in [3.05, 3.63) is 35.7 Å². The van der Waals surface area contributed by atoms with Crippen molar-refractivity contribution in [1.82, 2.24) is 9.36 Å². The largest absolute Gasteiger partial charge is 0.378 e. The molecule has 1 aromatic heterocycles. The lowest BCUT2D eigenvalue weighted by Gasteiger charge is -2.31. The van der Waals surface area contributed by atoms with Crippen LogP contribution in [0.4, 0.5) is 10.8 Å². The molecular weight excluding hydrogens is 312 g/mol. The average molecular weight is 334 g/mol. The van der Waals surface area contributed by atoms with Gasteiger partial charge in [0.05, 0.1) is 13.2 Å². The van der Waals surface area contributed by atoms with Crippen molar-refractivity contribution in [3.8, 4) is 0 Å². The molecule has 124 valence electrons. The van der Waals surface area contributed by atoms with Crippen LogP contribution in [-0.2, 0) is 22.6 Å². The lowest BCUT2D eigenvalue weighted by atomic mass is 10.1. The molecule has 0 unspecified atom stereocenters. The van der Waals surface area contributed by atoms with E-state index in [9.17, 15) is 0 Å². The number of hydrogen-bond donors (Lipinski definition) is 0. The highest BCUT2D eigenvalue weighted by Gasteiger charge is 2.16. The van der Waals surface area contributed by atoms with Gasteiger partial charge in [-0.2, -0.15) is 4.37 Å². The molecular formula is C16H22N4O2S. The first kappa shape index (κ1) is 16.2. The number of aromatic nitrogens is 2. The summed E-state index contributed by atoms with van der Waals surface area (Å²) in [5.74, 6) is 0.737. The van der Waals surface area contributed by atoms with Crippen LogP contribution in [-0.4, -0.2) is 49.8 Å². The minimum atomic E-state index is 0.453. The molecule has 1 fully saturated rings. The Hall–Kier alpha value is -1.70. The van der Waals surface area contributed by atoms with Gasteiger partial charge in [0.1, 0.15) is 6.61 Å². The Morgan fingerprint density at radius 2 is 2.09 bits per heavy atom. The summed E-state index contributed by atoms with van der Waals surface area (Å²) >= 11 is 1.41. The number of methoxy groups -OCH3 is 1. The molecule has 2 aromatic rings. The smallest absolute Gasteiger partial charge is 0.205 e. The summed E-state index contributed by atoms with van der Waals surface area (Å²) in [6.07, 6.45) is 0. The van der Waals surface area contributed by atoms with Crippen LogP contribution in [0.1, 0.15) is 11.4 Å². The fourth-order valence-corrected chi connectivity index (χ4v) is 3.30. The first-order valence-corrected chi connectivity index (χ1v) is 8.48. The molecule has 2 heterocycles. The summed E-state index contributed by atoms with van der Waals surface area (Å²) in [5, 5.41) is 0.911. The highest BCUT2D eigenvalue weighted by atomic mass is 32.1. The molecule has 1 aromatic carbocycles. The van der Waals surface area contributed by atoms with Crippen molar-refractivity contribution in [2.45, 2.75) is 13.2 Å². The molecule has 1 saturated heterocycles. The molecule has 1 aliphatic rings. The Morgan fingerprint density at radius 3 is 2.87 bits per heavy atom. The summed E-state index contributed by atoms with van der Waals surface area (Å²) in [4.78, 5) is 9.04. The Kier molecular flexibility index (Phi) is 5.43. The van der Waals surface area contributed by atoms with Gasteiger partial charge in [-0.25, -0.2) is 4.98 Å². The van der Waals surface area contributed by atoms with Gasteiger partial charge >= 0.3 is 0 Å². The van der Waals surface area contributed by atoms with Gasteiger partial charge in [0.2, 0.25) is 5.13 Å². The van der Waals surface area contributed by atoms with Crippen LogP contribution in [0.3, 0.4) is 0 Å². The van der Waals surface area contributed by atoms with Crippen LogP contribution in [0.25, 0.3) is 0 Å². The molecule has 0 atom stereocenters. The Bertz CT molecular complexity index is 628. The van der Waals surface area contributed by atoms with Crippen LogP contribution in [0.2, 0.25) is 0 Å². The second-order valence-electron chi connectivity index (χ2n) is 5.51. The number of ether oxygens (including phenoxy) is 2. The van der Waals surface area contributed by atoms with E-state index >= 15 is 0 Å². The fraction of sp³-hybridized carbons (Fsp3) is 0.500. The molecule has 7 heteroatoms. The number of rotatable bonds is 6. The van der Waals surface area contributed by atoms with E-state index in [1.807, 2.05) is 7.05 Å². The predicted molar refractivity (Wildman–Crippen MR) is 92.2 cm³/mol. The van der Waals surface area contributed by atoms with Crippen LogP contribution >= 0.6 is 11.5 Å². The molecule has 0 saturated carbocycles. The van der Waals surface area contributed by atoms with Gasteiger partial charge in [0.25, 0.3) is 0 Å². The molecule has 0 bridgehead atoms. The summed E-state index contributed by atoms with van der Waals surface area (Å²) in [6, 6.07) is 8.54. The number of para-hydroxylation sites is 1. The first-order chi connectivity index (χ1) is 11.3. The number of morpholine rings is 1. The van der Waals surface area contributed by atoms with Crippen molar-refractivity contribution in [1.29, 1.82) is 0 Å². The number of nitrogens with zero attached hydrogens (tertiary/aromatic N) is 4. The maximum Gasteiger partial charge on any atom is 0.205 e. The fourth-order valence-electron chi connectivity index (χ4n) is 2.67. The Balaban J connectivity index is 1.73. The maximum absolute atomic E-state index is 5.46. The standard InChI is InChI=1S/C16H22N4O2S/c1-19(16-17-15(12-21-2)18-23-16)11-13-5-3-4-6-14(13)20-7-9-22-10-8-20/h3-6H,7-12H2,1-2H3. The zero-order valence-electron chi connectivity index (χ0n) is 13.6. The molecule has 0 spiro atoms. The number of hydrogen-bond acceptors (Lipinski definition) is 7. The van der Waals surface area contributed by atoms with E-state index in [1.165, 1.54) is 22.8 Å². The Labute approximate surface area is 140 Å². The third-order valence-electron chi connectivity index (χ3n) is 3.81. The van der Waals surface area contributed by atoms with Gasteiger partial charge in [-0.05, 0) is 11.6 Å². The van der Waals surface area contributed by atoms with Crippen LogP contribution in [0.5, 0.6) is 0 Å². The Morgan fingerprint density at radius 1 is 1.30 bits per heavy atom. The van der Waals surface area contributed by atoms with E-state index in [-0.39, 0.29) is 0 Å². The molecule has 0 aliphatic carbocycles. The van der Waals surface area contributed by atoms with Gasteiger partial charge in [0.15, 0.2) is 5.82 Å². The summed E-state index contributed by atoms with van der Waals surface area (Å²) < 4.78 is 14.9. The minimum Gasteiger partial charge on any atom is -0.378 e. The molecule has 3 rings (SSSR count). The van der Waals surface area contributed by atoms with Crippen molar-refractivity contribution in [2.75, 3.05) is 50.3 Å². The zero-order valence-corrected chi connectivity index (χ0v) is 14.4. The van der Waals surface area contributed by atoms with E-state index in [1.54, 1.807) is 7.11 Å². The third-order valence-corrected chi connectivity index (χ3v) is 4.68. The maximum atomic E-state index is 5.46. The lowest BCUT2D eigenvalue weighted by Crippen LogP contribution is -2.37. The van der Waals surface area contributed by atoms with Crippen molar-refractivity contribution in [2.24, 2.45) is 0 Å². The molecule has 0 radical (unpaired) electrons. The normalized spacial score (nSPS) is 15.0. The van der Waals surface area contributed by atoms with Crippen LogP contribution in [0, 0.1) is 0 Å². The predicted octanol–water partition coefficient (Wildman–Crippen LogP) is 2.16. The van der Waals surface area contributed by atoms with Gasteiger partial charge in [-0.15, -0.1) is 0 Å². The van der Waals surface area contributed by atoms with Crippen molar-refractivity contribution in [3.63, 3.8) is 0 Å². The number of benzene rings is 1. The summed E-state index contributed by atoms with van der Waals surface area (Å²) in [6.45, 7) is 4.72. The summed E-state index contributed by atoms with van der Waals surface area (Å²) in [7, 11) is 3.70. The molecule has 0 N–H and O–H groups in total. The molecule has 23 heavy (non-hydrogen) atoms. The van der Waals surface area contributed by atoms with E-state index in [4.69, 9.17) is 9.47 Å². The molecule has 0 amide bonds. The monoisotopic (exact) mass is 334 g/mol. The molecule has 6 nitrogen and oxygen atoms in total. The van der Waals surface area contributed by atoms with E-state index in [0.717, 1.165) is 43.8 Å². The second kappa shape index (κ2) is 7.72. The average Bonchev–Trinajstić information content (AvgIpc) is 3.05. The van der Waals surface area contributed by atoms with Crippen molar-refractivity contribution >= 4 is 22.4 Å². The van der Waals surface area contributed by atoms with Gasteiger partial charge in [0, 0.05) is 51.0 Å². The zero-order chi connectivity index (χ0) is 16.1. The second-order valence-corrected chi connectivity index (χ2v) is 6.24. The summed E-state index contributed by atoms with van der Waals surface area (Å²) in [5.41, 5.74) is 2.57. The highest BCUT2D eigenvalue weighted by molar-refractivity contribution is 7.09. The van der Waals surface area contributed by atoms with E-state index in [0.29, 0.717) is 6.61 Å². The van der Waals surface area contributed by atoms with Crippen LogP contribution < -0.4 is 9.80 Å². The van der Waals surface area contributed by atoms with Crippen LogP contribution in [0.15, 0.2) is 24.3 Å². The third kappa shape index (κ3) is 3.99. The van der Waals surface area contributed by atoms with Crippen molar-refractivity contribution < 1.29 is 9.47 Å². The SMILES string of the molecule is COCc1nsc(N(C)Cc2ccccc2N2CCOCC2)n1. The minimum absolute atomic E-state index is 0.453. The number of anilines is 2. The highest BCUT2D eigenvalue weighted by Crippen LogP contribution is 2.25. The topological polar surface area (TPSA) is 50.7 Å². The first-order valence-electron chi connectivity index (χ1n) is 7.71. The van der Waals surface area contributed by atoms with Gasteiger partial charge in [-0.3, -0.25) is 0 Å². The quantitative estimate of drug-likeness (QED) is 0.807. The van der Waals surface area contributed by atoms with E-state index in [2.05, 4.69) is 43.4 Å². The van der Waals surface area contributed by atoms with Gasteiger partial charge < -0.3 is 19.3 Å². The van der Waals surface area contributed by atoms with E-state index < -0.39 is 0 Å².